The van der Waals surface area contributed by atoms with E-state index in [2.05, 4.69) is 21.3 Å². The van der Waals surface area contributed by atoms with Crippen molar-refractivity contribution >= 4 is 57.2 Å². The third kappa shape index (κ3) is 16.3. The maximum absolute atomic E-state index is 13.4. The van der Waals surface area contributed by atoms with E-state index in [1.807, 2.05) is 0 Å². The number of halogens is 1. The third-order valence-corrected chi connectivity index (χ3v) is 8.08. The first-order valence-electron chi connectivity index (χ1n) is 14.8. The highest BCUT2D eigenvalue weighted by Crippen LogP contribution is 2.10. The molecule has 262 valence electrons. The van der Waals surface area contributed by atoms with E-state index in [0.717, 1.165) is 12.3 Å². The predicted molar refractivity (Wildman–Crippen MR) is 171 cm³/mol. The molecule has 0 unspecified atom stereocenters. The van der Waals surface area contributed by atoms with Crippen LogP contribution >= 0.6 is 11.6 Å². The van der Waals surface area contributed by atoms with Crippen LogP contribution in [-0.2, 0) is 54.6 Å². The Labute approximate surface area is 279 Å². The lowest BCUT2D eigenvalue weighted by atomic mass is 10.0. The van der Waals surface area contributed by atoms with Gasteiger partial charge in [-0.05, 0) is 37.8 Å². The molecule has 0 aliphatic heterocycles. The van der Waals surface area contributed by atoms with E-state index in [-0.39, 0.29) is 39.2 Å². The zero-order valence-electron chi connectivity index (χ0n) is 27.0. The lowest BCUT2D eigenvalue weighted by Gasteiger charge is -2.26. The molecule has 1 rings (SSSR count). The molecular weight excluding hydrogens is 660 g/mol. The summed E-state index contributed by atoms with van der Waals surface area (Å²) in [6.07, 6.45) is -0.206. The van der Waals surface area contributed by atoms with Gasteiger partial charge < -0.3 is 35.5 Å². The van der Waals surface area contributed by atoms with Crippen LogP contribution in [0, 0.1) is 5.92 Å². The predicted octanol–water partition coefficient (Wildman–Crippen LogP) is 1.44. The van der Waals surface area contributed by atoms with Gasteiger partial charge in [0.1, 0.15) is 29.1 Å². The fraction of sp³-hybridized carbons (Fsp3) is 0.533. The molecule has 0 spiro atoms. The van der Waals surface area contributed by atoms with Crippen LogP contribution in [-0.4, -0.2) is 88.3 Å². The minimum atomic E-state index is -3.67. The molecule has 0 aliphatic rings. The zero-order valence-corrected chi connectivity index (χ0v) is 28.6. The molecule has 0 aromatic heterocycles. The molecule has 0 radical (unpaired) electrons. The fourth-order valence-electron chi connectivity index (χ4n) is 3.82. The molecule has 0 bridgehead atoms. The molecule has 3 atom stereocenters. The molecular formula is C30H43ClN4O11S. The molecule has 0 fully saturated rings. The Morgan fingerprint density at radius 3 is 2.00 bits per heavy atom. The minimum Gasteiger partial charge on any atom is -0.466 e. The summed E-state index contributed by atoms with van der Waals surface area (Å²) in [6.45, 7) is 6.12. The SMILES string of the molecule is CCOC(=O)CC[C@H](NC(=O)[C@H](CC(=O)OCC)NC(=O)OCc1ccccc1)C(=O)N[C@H](C(=O)NC/C=C(\Cl)S(C)(=O)=O)C(C)C. The number of carbonyl (C=O) groups is 6. The van der Waals surface area contributed by atoms with Crippen LogP contribution in [0.4, 0.5) is 4.79 Å². The molecule has 0 saturated carbocycles. The number of hydrogen-bond donors (Lipinski definition) is 4. The average molecular weight is 703 g/mol. The second kappa shape index (κ2) is 20.8. The highest BCUT2D eigenvalue weighted by molar-refractivity contribution is 7.96. The Balaban J connectivity index is 3.15. The van der Waals surface area contributed by atoms with E-state index in [1.54, 1.807) is 58.0 Å². The van der Waals surface area contributed by atoms with E-state index in [9.17, 15) is 37.2 Å². The van der Waals surface area contributed by atoms with Crippen LogP contribution in [0.3, 0.4) is 0 Å². The van der Waals surface area contributed by atoms with Gasteiger partial charge in [0.2, 0.25) is 17.7 Å². The normalized spacial score (nSPS) is 13.4. The van der Waals surface area contributed by atoms with Crippen LogP contribution in [0.5, 0.6) is 0 Å². The Kier molecular flexibility index (Phi) is 18.1. The van der Waals surface area contributed by atoms with Crippen molar-refractivity contribution in [2.75, 3.05) is 26.0 Å². The van der Waals surface area contributed by atoms with Crippen LogP contribution in [0.15, 0.2) is 40.8 Å². The van der Waals surface area contributed by atoms with Gasteiger partial charge in [-0.3, -0.25) is 24.0 Å². The number of ether oxygens (including phenoxy) is 3. The topological polar surface area (TPSA) is 212 Å². The standard InChI is InChI=1S/C30H43ClN4O11S/c1-6-44-24(36)14-13-21(27(38)35-26(19(3)4)29(40)32-16-15-23(31)47(5,42)43)33-28(39)22(17-25(37)45-7-2)34-30(41)46-18-20-11-9-8-10-12-20/h8-12,15,19,21-22,26H,6-7,13-14,16-18H2,1-5H3,(H,32,40)(H,33,39)(H,34,41)(H,35,38)/b23-15+/t21-,22-,26-/m0/s1. The van der Waals surface area contributed by atoms with Crippen LogP contribution < -0.4 is 21.3 Å². The summed E-state index contributed by atoms with van der Waals surface area (Å²) in [7, 11) is -3.67. The molecule has 4 amide bonds. The Morgan fingerprint density at radius 1 is 0.830 bits per heavy atom. The largest absolute Gasteiger partial charge is 0.466 e. The molecule has 0 heterocycles. The molecule has 0 saturated heterocycles. The Morgan fingerprint density at radius 2 is 1.43 bits per heavy atom. The van der Waals surface area contributed by atoms with E-state index in [1.165, 1.54) is 0 Å². The van der Waals surface area contributed by atoms with E-state index in [4.69, 9.17) is 25.8 Å². The monoisotopic (exact) mass is 702 g/mol. The first-order valence-corrected chi connectivity index (χ1v) is 17.1. The van der Waals surface area contributed by atoms with Crippen molar-refractivity contribution in [3.05, 3.63) is 46.3 Å². The molecule has 4 N–H and O–H groups in total. The number of sulfone groups is 1. The summed E-state index contributed by atoms with van der Waals surface area (Å²) in [5.74, 6) is -4.45. The first kappa shape index (κ1) is 40.8. The summed E-state index contributed by atoms with van der Waals surface area (Å²) in [6, 6.07) is 4.59. The second-order valence-electron chi connectivity index (χ2n) is 10.4. The van der Waals surface area contributed by atoms with Gasteiger partial charge in [-0.2, -0.15) is 0 Å². The number of amides is 4. The average Bonchev–Trinajstić information content (AvgIpc) is 3.00. The minimum absolute atomic E-state index is 0.00506. The number of alkyl carbamates (subject to hydrolysis) is 1. The number of rotatable bonds is 19. The fourth-order valence-corrected chi connectivity index (χ4v) is 4.28. The van der Waals surface area contributed by atoms with Crippen molar-refractivity contribution in [2.24, 2.45) is 5.92 Å². The van der Waals surface area contributed by atoms with Crippen molar-refractivity contribution in [1.82, 2.24) is 21.3 Å². The maximum atomic E-state index is 13.4. The number of hydrogen-bond acceptors (Lipinski definition) is 11. The quantitative estimate of drug-likeness (QED) is 0.120. The van der Waals surface area contributed by atoms with Crippen molar-refractivity contribution in [3.8, 4) is 0 Å². The van der Waals surface area contributed by atoms with E-state index < -0.39 is 80.4 Å². The van der Waals surface area contributed by atoms with Gasteiger partial charge in [-0.25, -0.2) is 13.2 Å². The summed E-state index contributed by atoms with van der Waals surface area (Å²) in [5, 5.41) is 9.74. The van der Waals surface area contributed by atoms with Crippen molar-refractivity contribution in [2.45, 2.75) is 71.7 Å². The summed E-state index contributed by atoms with van der Waals surface area (Å²) in [5.41, 5.74) is 0.669. The third-order valence-electron chi connectivity index (χ3n) is 6.21. The summed E-state index contributed by atoms with van der Waals surface area (Å²) in [4.78, 5) is 76.7. The van der Waals surface area contributed by atoms with Crippen LogP contribution in [0.1, 0.15) is 52.5 Å². The summed E-state index contributed by atoms with van der Waals surface area (Å²) < 4.78 is 37.5. The Hall–Kier alpha value is -4.18. The number of benzene rings is 1. The summed E-state index contributed by atoms with van der Waals surface area (Å²) >= 11 is 5.70. The van der Waals surface area contributed by atoms with Gasteiger partial charge in [-0.1, -0.05) is 55.8 Å². The van der Waals surface area contributed by atoms with Gasteiger partial charge in [-0.15, -0.1) is 0 Å². The van der Waals surface area contributed by atoms with Gasteiger partial charge in [0.05, 0.1) is 19.6 Å². The van der Waals surface area contributed by atoms with E-state index >= 15 is 0 Å². The molecule has 1 aromatic carbocycles. The maximum Gasteiger partial charge on any atom is 0.408 e. The van der Waals surface area contributed by atoms with Crippen LogP contribution in [0.25, 0.3) is 0 Å². The van der Waals surface area contributed by atoms with Gasteiger partial charge in [0.25, 0.3) is 0 Å². The second-order valence-corrected chi connectivity index (χ2v) is 13.0. The highest BCUT2D eigenvalue weighted by atomic mass is 35.5. The smallest absolute Gasteiger partial charge is 0.408 e. The highest BCUT2D eigenvalue weighted by Gasteiger charge is 2.32. The van der Waals surface area contributed by atoms with E-state index in [0.29, 0.717) is 5.56 Å². The van der Waals surface area contributed by atoms with Gasteiger partial charge in [0.15, 0.2) is 9.84 Å². The molecule has 1 aromatic rings. The first-order chi connectivity index (χ1) is 22.1. The van der Waals surface area contributed by atoms with Crippen LogP contribution in [0.2, 0.25) is 0 Å². The molecule has 17 heteroatoms. The molecule has 0 aliphatic carbocycles. The zero-order chi connectivity index (χ0) is 35.6. The van der Waals surface area contributed by atoms with Crippen molar-refractivity contribution in [3.63, 3.8) is 0 Å². The number of carbonyl (C=O) groups excluding carboxylic acids is 6. The lowest BCUT2D eigenvalue weighted by Crippen LogP contribution is -2.58. The van der Waals surface area contributed by atoms with Crippen molar-refractivity contribution in [1.29, 1.82) is 0 Å². The van der Waals surface area contributed by atoms with Crippen molar-refractivity contribution < 1.29 is 51.4 Å². The Bertz CT molecular complexity index is 1370. The van der Waals surface area contributed by atoms with Gasteiger partial charge >= 0.3 is 18.0 Å². The van der Waals surface area contributed by atoms with Gasteiger partial charge in [0, 0.05) is 19.2 Å². The molecule has 15 nitrogen and oxygen atoms in total. The lowest BCUT2D eigenvalue weighted by molar-refractivity contribution is -0.145. The number of nitrogens with one attached hydrogen (secondary N) is 4. The molecule has 47 heavy (non-hydrogen) atoms. The number of esters is 2.